The quantitative estimate of drug-likeness (QED) is 0.682. The average Bonchev–Trinajstić information content (AvgIpc) is 1.96. The van der Waals surface area contributed by atoms with Gasteiger partial charge in [-0.2, -0.15) is 0 Å². The van der Waals surface area contributed by atoms with Crippen molar-refractivity contribution in [1.29, 1.82) is 0 Å². The Morgan fingerprint density at radius 3 is 2.19 bits per heavy atom. The monoisotopic (exact) mass is 228 g/mol. The highest BCUT2D eigenvalue weighted by Crippen LogP contribution is 2.28. The van der Waals surface area contributed by atoms with Gasteiger partial charge >= 0.3 is 5.97 Å². The van der Waals surface area contributed by atoms with Gasteiger partial charge in [0.25, 0.3) is 0 Å². The molecular formula is C13H24O3. The number of esters is 1. The molecule has 2 unspecified atom stereocenters. The van der Waals surface area contributed by atoms with Gasteiger partial charge < -0.3 is 9.47 Å². The Labute approximate surface area is 98.5 Å². The molecule has 1 fully saturated rings. The molecule has 1 aliphatic rings. The third kappa shape index (κ3) is 4.97. The predicted octanol–water partition coefficient (Wildman–Crippen LogP) is 2.92. The Balaban J connectivity index is 2.39. The molecule has 1 heterocycles. The fraction of sp³-hybridized carbons (Fsp3) is 0.923. The summed E-state index contributed by atoms with van der Waals surface area (Å²) in [5.74, 6) is 0.326. The fourth-order valence-corrected chi connectivity index (χ4v) is 2.33. The van der Waals surface area contributed by atoms with Gasteiger partial charge in [-0.05, 0) is 53.4 Å². The van der Waals surface area contributed by atoms with Gasteiger partial charge in [-0.1, -0.05) is 0 Å². The van der Waals surface area contributed by atoms with E-state index in [4.69, 9.17) is 9.47 Å². The van der Waals surface area contributed by atoms with Gasteiger partial charge in [0.15, 0.2) is 0 Å². The lowest BCUT2D eigenvalue weighted by Gasteiger charge is -2.32. The van der Waals surface area contributed by atoms with Gasteiger partial charge in [0, 0.05) is 6.42 Å². The Morgan fingerprint density at radius 1 is 1.25 bits per heavy atom. The van der Waals surface area contributed by atoms with Crippen molar-refractivity contribution in [1.82, 2.24) is 0 Å². The lowest BCUT2D eigenvalue weighted by atomic mass is 9.90. The molecule has 1 rings (SSSR count). The molecule has 3 heteroatoms. The summed E-state index contributed by atoms with van der Waals surface area (Å²) in [4.78, 5) is 11.7. The van der Waals surface area contributed by atoms with Crippen molar-refractivity contribution in [3.05, 3.63) is 0 Å². The zero-order valence-corrected chi connectivity index (χ0v) is 11.1. The number of hydrogen-bond acceptors (Lipinski definition) is 3. The van der Waals surface area contributed by atoms with E-state index in [1.54, 1.807) is 0 Å². The van der Waals surface area contributed by atoms with E-state index in [-0.39, 0.29) is 23.8 Å². The second kappa shape index (κ2) is 5.17. The van der Waals surface area contributed by atoms with Crippen LogP contribution in [0.4, 0.5) is 0 Å². The maximum absolute atomic E-state index is 11.7. The molecule has 0 radical (unpaired) electrons. The summed E-state index contributed by atoms with van der Waals surface area (Å²) in [5.41, 5.74) is -0.376. The zero-order chi connectivity index (χ0) is 12.3. The summed E-state index contributed by atoms with van der Waals surface area (Å²) >= 11 is 0. The maximum Gasteiger partial charge on any atom is 0.306 e. The summed E-state index contributed by atoms with van der Waals surface area (Å²) in [7, 11) is 0. The lowest BCUT2D eigenvalue weighted by molar-refractivity contribution is -0.157. The summed E-state index contributed by atoms with van der Waals surface area (Å²) < 4.78 is 11.0. The Hall–Kier alpha value is -0.570. The van der Waals surface area contributed by atoms with Crippen molar-refractivity contribution in [3.63, 3.8) is 0 Å². The number of rotatable bonds is 2. The largest absolute Gasteiger partial charge is 0.460 e. The summed E-state index contributed by atoms with van der Waals surface area (Å²) in [6, 6.07) is 0. The number of hydrogen-bond donors (Lipinski definition) is 0. The molecule has 1 saturated heterocycles. The Morgan fingerprint density at radius 2 is 1.75 bits per heavy atom. The number of ether oxygens (including phenoxy) is 2. The van der Waals surface area contributed by atoms with Gasteiger partial charge in [0.2, 0.25) is 0 Å². The molecular weight excluding hydrogens is 204 g/mol. The van der Waals surface area contributed by atoms with Crippen molar-refractivity contribution in [2.24, 2.45) is 5.92 Å². The second-order valence-electron chi connectivity index (χ2n) is 5.89. The molecule has 16 heavy (non-hydrogen) atoms. The summed E-state index contributed by atoms with van der Waals surface area (Å²) in [5, 5.41) is 0. The van der Waals surface area contributed by atoms with Crippen molar-refractivity contribution in [3.8, 4) is 0 Å². The van der Waals surface area contributed by atoms with E-state index >= 15 is 0 Å². The minimum atomic E-state index is -0.376. The second-order valence-corrected chi connectivity index (χ2v) is 5.89. The number of carbonyl (C=O) groups is 1. The number of carbonyl (C=O) groups excluding carboxylic acids is 1. The molecule has 0 amide bonds. The predicted molar refractivity (Wildman–Crippen MR) is 63.2 cm³/mol. The minimum Gasteiger partial charge on any atom is -0.460 e. The minimum absolute atomic E-state index is 0.0844. The first-order valence-electron chi connectivity index (χ1n) is 6.13. The van der Waals surface area contributed by atoms with Crippen molar-refractivity contribution in [2.75, 3.05) is 0 Å². The molecule has 0 aromatic heterocycles. The first-order valence-corrected chi connectivity index (χ1v) is 6.13. The normalized spacial score (nSPS) is 31.2. The van der Waals surface area contributed by atoms with Gasteiger partial charge in [-0.15, -0.1) is 0 Å². The van der Waals surface area contributed by atoms with E-state index in [0.717, 1.165) is 12.8 Å². The summed E-state index contributed by atoms with van der Waals surface area (Å²) in [6.45, 7) is 9.84. The maximum atomic E-state index is 11.7. The van der Waals surface area contributed by atoms with E-state index in [9.17, 15) is 4.79 Å². The third-order valence-corrected chi connectivity index (χ3v) is 2.67. The van der Waals surface area contributed by atoms with Gasteiger partial charge in [0.1, 0.15) is 5.60 Å². The molecule has 3 nitrogen and oxygen atoms in total. The topological polar surface area (TPSA) is 35.5 Å². The van der Waals surface area contributed by atoms with Crippen molar-refractivity contribution < 1.29 is 14.3 Å². The third-order valence-electron chi connectivity index (χ3n) is 2.67. The fourth-order valence-electron chi connectivity index (χ4n) is 2.33. The highest BCUT2D eigenvalue weighted by molar-refractivity contribution is 5.70. The smallest absolute Gasteiger partial charge is 0.306 e. The van der Waals surface area contributed by atoms with Crippen LogP contribution in [0, 0.1) is 5.92 Å². The highest BCUT2D eigenvalue weighted by atomic mass is 16.6. The van der Waals surface area contributed by atoms with Crippen LogP contribution in [0.5, 0.6) is 0 Å². The van der Waals surface area contributed by atoms with Crippen LogP contribution < -0.4 is 0 Å². The highest BCUT2D eigenvalue weighted by Gasteiger charge is 2.27. The van der Waals surface area contributed by atoms with E-state index in [1.807, 2.05) is 20.8 Å². The first-order chi connectivity index (χ1) is 7.26. The van der Waals surface area contributed by atoms with Crippen LogP contribution in [0.25, 0.3) is 0 Å². The molecule has 0 saturated carbocycles. The lowest BCUT2D eigenvalue weighted by Crippen LogP contribution is -2.32. The average molecular weight is 228 g/mol. The van der Waals surface area contributed by atoms with Crippen LogP contribution in [0.2, 0.25) is 0 Å². The standard InChI is InChI=1S/C13H24O3/c1-9-6-11(7-10(2)15-9)8-12(14)16-13(3,4)5/h9-11H,6-8H2,1-5H3. The summed E-state index contributed by atoms with van der Waals surface area (Å²) in [6.07, 6.45) is 2.97. The van der Waals surface area contributed by atoms with Crippen LogP contribution >= 0.6 is 0 Å². The Kier molecular flexibility index (Phi) is 4.36. The molecule has 0 N–H and O–H groups in total. The first kappa shape index (κ1) is 13.5. The van der Waals surface area contributed by atoms with E-state index < -0.39 is 0 Å². The zero-order valence-electron chi connectivity index (χ0n) is 11.1. The van der Waals surface area contributed by atoms with Crippen LogP contribution in [0.3, 0.4) is 0 Å². The molecule has 94 valence electrons. The molecule has 1 aliphatic heterocycles. The molecule has 0 aromatic rings. The van der Waals surface area contributed by atoms with E-state index in [1.165, 1.54) is 0 Å². The van der Waals surface area contributed by atoms with Crippen LogP contribution in [-0.4, -0.2) is 23.8 Å². The molecule has 0 aromatic carbocycles. The van der Waals surface area contributed by atoms with E-state index in [0.29, 0.717) is 12.3 Å². The van der Waals surface area contributed by atoms with Gasteiger partial charge in [0.05, 0.1) is 12.2 Å². The van der Waals surface area contributed by atoms with Crippen LogP contribution in [0.15, 0.2) is 0 Å². The van der Waals surface area contributed by atoms with Gasteiger partial charge in [-0.25, -0.2) is 0 Å². The molecule has 2 atom stereocenters. The van der Waals surface area contributed by atoms with Crippen LogP contribution in [0.1, 0.15) is 53.9 Å². The van der Waals surface area contributed by atoms with E-state index in [2.05, 4.69) is 13.8 Å². The van der Waals surface area contributed by atoms with Gasteiger partial charge in [-0.3, -0.25) is 4.79 Å². The van der Waals surface area contributed by atoms with Crippen molar-refractivity contribution in [2.45, 2.75) is 71.7 Å². The molecule has 0 bridgehead atoms. The Bertz CT molecular complexity index is 232. The molecule has 0 aliphatic carbocycles. The SMILES string of the molecule is CC1CC(CC(=O)OC(C)(C)C)CC(C)O1. The molecule has 0 spiro atoms. The van der Waals surface area contributed by atoms with Crippen molar-refractivity contribution >= 4 is 5.97 Å². The van der Waals surface area contributed by atoms with Crippen LogP contribution in [-0.2, 0) is 14.3 Å².